The Kier molecular flexibility index (Phi) is 3.54. The summed E-state index contributed by atoms with van der Waals surface area (Å²) >= 11 is 0. The van der Waals surface area contributed by atoms with Gasteiger partial charge in [0.15, 0.2) is 0 Å². The normalized spacial score (nSPS) is 12.6. The molecule has 0 aliphatic carbocycles. The Morgan fingerprint density at radius 1 is 1.41 bits per heavy atom. The number of hydrogen-bond acceptors (Lipinski definition) is 2. The van der Waals surface area contributed by atoms with Crippen LogP contribution in [0.4, 0.5) is 4.39 Å². The fourth-order valence-corrected chi connectivity index (χ4v) is 1.73. The minimum Gasteiger partial charge on any atom is -0.305 e. The Morgan fingerprint density at radius 2 is 2.24 bits per heavy atom. The summed E-state index contributed by atoms with van der Waals surface area (Å²) in [5, 5.41) is 7.44. The highest BCUT2D eigenvalue weighted by Crippen LogP contribution is 2.14. The second kappa shape index (κ2) is 5.10. The molecule has 1 N–H and O–H groups in total. The summed E-state index contributed by atoms with van der Waals surface area (Å²) in [4.78, 5) is 0. The zero-order valence-corrected chi connectivity index (χ0v) is 10.0. The van der Waals surface area contributed by atoms with Gasteiger partial charge in [0.25, 0.3) is 0 Å². The number of nitrogens with one attached hydrogen (secondary N) is 1. The molecule has 0 saturated heterocycles. The summed E-state index contributed by atoms with van der Waals surface area (Å²) in [6.07, 6.45) is 1.77. The van der Waals surface area contributed by atoms with Crippen molar-refractivity contribution in [2.24, 2.45) is 7.05 Å². The highest BCUT2D eigenvalue weighted by atomic mass is 19.1. The van der Waals surface area contributed by atoms with Crippen LogP contribution in [0.2, 0.25) is 0 Å². The summed E-state index contributed by atoms with van der Waals surface area (Å²) in [6.45, 7) is 2.74. The second-order valence-corrected chi connectivity index (χ2v) is 4.10. The lowest BCUT2D eigenvalue weighted by molar-refractivity contribution is 0.543. The van der Waals surface area contributed by atoms with Crippen LogP contribution in [-0.4, -0.2) is 9.78 Å². The Bertz CT molecular complexity index is 493. The average molecular weight is 233 g/mol. The van der Waals surface area contributed by atoms with Crippen LogP contribution in [0.15, 0.2) is 36.5 Å². The molecule has 0 saturated carbocycles. The van der Waals surface area contributed by atoms with E-state index in [9.17, 15) is 4.39 Å². The summed E-state index contributed by atoms with van der Waals surface area (Å²) in [5.74, 6) is -0.198. The molecule has 0 aliphatic rings. The Balaban J connectivity index is 1.98. The lowest BCUT2D eigenvalue weighted by Crippen LogP contribution is -2.19. The quantitative estimate of drug-likeness (QED) is 0.878. The zero-order valence-electron chi connectivity index (χ0n) is 10.0. The fraction of sp³-hybridized carbons (Fsp3) is 0.308. The van der Waals surface area contributed by atoms with Crippen LogP contribution in [0.1, 0.15) is 24.2 Å². The van der Waals surface area contributed by atoms with E-state index in [-0.39, 0.29) is 11.9 Å². The molecular weight excluding hydrogens is 217 g/mol. The molecule has 1 atom stereocenters. The van der Waals surface area contributed by atoms with Crippen molar-refractivity contribution in [3.05, 3.63) is 53.6 Å². The van der Waals surface area contributed by atoms with Crippen molar-refractivity contribution in [2.75, 3.05) is 0 Å². The van der Waals surface area contributed by atoms with Gasteiger partial charge >= 0.3 is 0 Å². The Labute approximate surface area is 100 Å². The third-order valence-corrected chi connectivity index (χ3v) is 2.86. The SMILES string of the molecule is C[C@H](NCc1ccnn1C)c1cccc(F)c1. The van der Waals surface area contributed by atoms with E-state index >= 15 is 0 Å². The van der Waals surface area contributed by atoms with Gasteiger partial charge in [-0.2, -0.15) is 5.10 Å². The van der Waals surface area contributed by atoms with Gasteiger partial charge in [-0.15, -0.1) is 0 Å². The van der Waals surface area contributed by atoms with Crippen molar-refractivity contribution in [1.82, 2.24) is 15.1 Å². The monoisotopic (exact) mass is 233 g/mol. The average Bonchev–Trinajstić information content (AvgIpc) is 2.72. The highest BCUT2D eigenvalue weighted by Gasteiger charge is 2.06. The zero-order chi connectivity index (χ0) is 12.3. The predicted molar refractivity (Wildman–Crippen MR) is 64.9 cm³/mol. The van der Waals surface area contributed by atoms with Crippen LogP contribution in [0.3, 0.4) is 0 Å². The van der Waals surface area contributed by atoms with Crippen molar-refractivity contribution in [2.45, 2.75) is 19.5 Å². The number of nitrogens with zero attached hydrogens (tertiary/aromatic N) is 2. The largest absolute Gasteiger partial charge is 0.305 e. The molecule has 0 amide bonds. The first-order valence-corrected chi connectivity index (χ1v) is 5.62. The molecule has 0 aliphatic heterocycles. The van der Waals surface area contributed by atoms with Crippen molar-refractivity contribution in [3.8, 4) is 0 Å². The van der Waals surface area contributed by atoms with Crippen molar-refractivity contribution >= 4 is 0 Å². The molecular formula is C13H16FN3. The van der Waals surface area contributed by atoms with Gasteiger partial charge in [-0.3, -0.25) is 4.68 Å². The Morgan fingerprint density at radius 3 is 2.88 bits per heavy atom. The number of rotatable bonds is 4. The first kappa shape index (κ1) is 11.8. The van der Waals surface area contributed by atoms with Crippen LogP contribution < -0.4 is 5.32 Å². The lowest BCUT2D eigenvalue weighted by Gasteiger charge is -2.14. The maximum atomic E-state index is 13.1. The smallest absolute Gasteiger partial charge is 0.123 e. The molecule has 4 heteroatoms. The first-order valence-electron chi connectivity index (χ1n) is 5.62. The van der Waals surface area contributed by atoms with Gasteiger partial charge in [0.1, 0.15) is 5.82 Å². The summed E-state index contributed by atoms with van der Waals surface area (Å²) in [7, 11) is 1.91. The van der Waals surface area contributed by atoms with Crippen LogP contribution in [-0.2, 0) is 13.6 Å². The number of hydrogen-bond donors (Lipinski definition) is 1. The molecule has 0 spiro atoms. The van der Waals surface area contributed by atoms with E-state index in [4.69, 9.17) is 0 Å². The van der Waals surface area contributed by atoms with Crippen LogP contribution >= 0.6 is 0 Å². The van der Waals surface area contributed by atoms with Crippen molar-refractivity contribution in [3.63, 3.8) is 0 Å². The number of aryl methyl sites for hydroxylation is 1. The third kappa shape index (κ3) is 2.91. The van der Waals surface area contributed by atoms with Crippen LogP contribution in [0.25, 0.3) is 0 Å². The lowest BCUT2D eigenvalue weighted by atomic mass is 10.1. The molecule has 0 radical (unpaired) electrons. The van der Waals surface area contributed by atoms with Gasteiger partial charge in [0, 0.05) is 25.8 Å². The molecule has 1 heterocycles. The molecule has 1 aromatic heterocycles. The van der Waals surface area contributed by atoms with Crippen molar-refractivity contribution < 1.29 is 4.39 Å². The van der Waals surface area contributed by atoms with E-state index in [2.05, 4.69) is 10.4 Å². The standard InChI is InChI=1S/C13H16FN3/c1-10(11-4-3-5-12(14)8-11)15-9-13-6-7-16-17(13)2/h3-8,10,15H,9H2,1-2H3/t10-/m0/s1. The van der Waals surface area contributed by atoms with E-state index < -0.39 is 0 Å². The van der Waals surface area contributed by atoms with E-state index in [1.807, 2.05) is 30.8 Å². The van der Waals surface area contributed by atoms with Gasteiger partial charge in [-0.05, 0) is 30.7 Å². The molecule has 2 aromatic rings. The topological polar surface area (TPSA) is 29.9 Å². The summed E-state index contributed by atoms with van der Waals surface area (Å²) in [5.41, 5.74) is 2.06. The van der Waals surface area contributed by atoms with E-state index in [1.54, 1.807) is 18.3 Å². The molecule has 3 nitrogen and oxygen atoms in total. The first-order chi connectivity index (χ1) is 8.16. The summed E-state index contributed by atoms with van der Waals surface area (Å²) in [6, 6.07) is 8.74. The van der Waals surface area contributed by atoms with E-state index in [1.165, 1.54) is 6.07 Å². The van der Waals surface area contributed by atoms with Gasteiger partial charge in [-0.1, -0.05) is 12.1 Å². The molecule has 90 valence electrons. The summed E-state index contributed by atoms with van der Waals surface area (Å²) < 4.78 is 14.9. The van der Waals surface area contributed by atoms with Crippen molar-refractivity contribution in [1.29, 1.82) is 0 Å². The number of halogens is 1. The second-order valence-electron chi connectivity index (χ2n) is 4.10. The molecule has 0 fully saturated rings. The molecule has 17 heavy (non-hydrogen) atoms. The van der Waals surface area contributed by atoms with Crippen LogP contribution in [0, 0.1) is 5.82 Å². The van der Waals surface area contributed by atoms with E-state index in [0.29, 0.717) is 6.54 Å². The maximum absolute atomic E-state index is 13.1. The molecule has 0 bridgehead atoms. The minimum atomic E-state index is -0.198. The molecule has 0 unspecified atom stereocenters. The van der Waals surface area contributed by atoms with Gasteiger partial charge < -0.3 is 5.32 Å². The van der Waals surface area contributed by atoms with Gasteiger partial charge in [0.2, 0.25) is 0 Å². The number of aromatic nitrogens is 2. The number of benzene rings is 1. The third-order valence-electron chi connectivity index (χ3n) is 2.86. The fourth-order valence-electron chi connectivity index (χ4n) is 1.73. The maximum Gasteiger partial charge on any atom is 0.123 e. The minimum absolute atomic E-state index is 0.112. The van der Waals surface area contributed by atoms with Crippen LogP contribution in [0.5, 0.6) is 0 Å². The van der Waals surface area contributed by atoms with Gasteiger partial charge in [0.05, 0.1) is 5.69 Å². The Hall–Kier alpha value is -1.68. The van der Waals surface area contributed by atoms with Gasteiger partial charge in [-0.25, -0.2) is 4.39 Å². The molecule has 1 aromatic carbocycles. The predicted octanol–water partition coefficient (Wildman–Crippen LogP) is 2.41. The molecule has 2 rings (SSSR count). The van der Waals surface area contributed by atoms with E-state index in [0.717, 1.165) is 11.3 Å². The highest BCUT2D eigenvalue weighted by molar-refractivity contribution is 5.19.